The second-order valence-corrected chi connectivity index (χ2v) is 18.7. The molecule has 3 aliphatic heterocycles. The molecule has 0 unspecified atom stereocenters. The van der Waals surface area contributed by atoms with Crippen LogP contribution >= 0.6 is 11.6 Å². The first-order chi connectivity index (χ1) is 36.3. The van der Waals surface area contributed by atoms with Crippen LogP contribution < -0.4 is 28.3 Å². The molecule has 374 valence electrons. The summed E-state index contributed by atoms with van der Waals surface area (Å²) in [6.45, 7) is 0.405. The zero-order valence-corrected chi connectivity index (χ0v) is 40.4. The molecule has 12 rings (SSSR count). The molecule has 2 amide bonds. The van der Waals surface area contributed by atoms with Gasteiger partial charge in [-0.05, 0) is 89.5 Å². The van der Waals surface area contributed by atoms with E-state index < -0.39 is 21.8 Å². The highest BCUT2D eigenvalue weighted by atomic mass is 35.5. The molecule has 0 saturated heterocycles. The number of amides is 2. The van der Waals surface area contributed by atoms with E-state index in [2.05, 4.69) is 29.9 Å². The fourth-order valence-electron chi connectivity index (χ4n) is 8.01. The molecule has 8 heterocycles. The van der Waals surface area contributed by atoms with Gasteiger partial charge in [0, 0.05) is 47.4 Å². The van der Waals surface area contributed by atoms with E-state index in [0.29, 0.717) is 70.7 Å². The molecule has 0 bridgehead atoms. The van der Waals surface area contributed by atoms with Crippen LogP contribution in [0.15, 0.2) is 194 Å². The molecule has 21 heteroatoms. The molecule has 0 radical (unpaired) electrons. The Morgan fingerprint density at radius 1 is 0.573 bits per heavy atom. The Bertz CT molecular complexity index is 3700. The van der Waals surface area contributed by atoms with Gasteiger partial charge >= 0.3 is 6.18 Å². The predicted octanol–water partition coefficient (Wildman–Crippen LogP) is 11.6. The molecular weight excluding hydrogens is 1010 g/mol. The third-order valence-electron chi connectivity index (χ3n) is 11.4. The first-order valence-corrected chi connectivity index (χ1v) is 24.5. The van der Waals surface area contributed by atoms with E-state index in [-0.39, 0.29) is 40.7 Å². The van der Waals surface area contributed by atoms with Crippen molar-refractivity contribution in [2.75, 3.05) is 14.1 Å². The lowest BCUT2D eigenvalue weighted by atomic mass is 10.1. The molecular formula is C54H37ClF3N9O7S. The second kappa shape index (κ2) is 21.1. The number of alkyl halides is 3. The van der Waals surface area contributed by atoms with Crippen molar-refractivity contribution in [2.24, 2.45) is 0 Å². The van der Waals surface area contributed by atoms with Crippen molar-refractivity contribution in [3.05, 3.63) is 222 Å². The molecule has 3 aliphatic rings. The zero-order chi connectivity index (χ0) is 52.1. The molecule has 0 spiro atoms. The number of aromatic nitrogens is 6. The van der Waals surface area contributed by atoms with Crippen molar-refractivity contribution in [3.8, 4) is 34.9 Å². The summed E-state index contributed by atoms with van der Waals surface area (Å²) in [4.78, 5) is 52.9. The number of pyridine rings is 4. The summed E-state index contributed by atoms with van der Waals surface area (Å²) in [5.41, 5.74) is 2.93. The van der Waals surface area contributed by atoms with Crippen LogP contribution in [0.1, 0.15) is 32.6 Å². The Labute approximate surface area is 431 Å². The van der Waals surface area contributed by atoms with E-state index in [4.69, 9.17) is 25.8 Å². The average Bonchev–Trinajstić information content (AvgIpc) is 4.06. The number of ether oxygens (including phenoxy) is 3. The van der Waals surface area contributed by atoms with Crippen LogP contribution in [0, 0.1) is 0 Å². The summed E-state index contributed by atoms with van der Waals surface area (Å²) in [6.07, 6.45) is 3.27. The second-order valence-electron chi connectivity index (χ2n) is 16.4. The topological polar surface area (TPSA) is 183 Å². The molecule has 0 aliphatic carbocycles. The number of anilines is 4. The number of fused-ring (bicyclic) bond motifs is 3. The Morgan fingerprint density at radius 2 is 1.21 bits per heavy atom. The van der Waals surface area contributed by atoms with E-state index in [0.717, 1.165) is 26.7 Å². The minimum atomic E-state index is -4.71. The van der Waals surface area contributed by atoms with Crippen molar-refractivity contribution in [2.45, 2.75) is 30.6 Å². The van der Waals surface area contributed by atoms with Crippen LogP contribution in [0.2, 0.25) is 5.02 Å². The molecule has 0 N–H and O–H groups in total. The molecule has 0 atom stereocenters. The number of hydrogen-bond donors (Lipinski definition) is 0. The molecule has 16 nitrogen and oxygen atoms in total. The van der Waals surface area contributed by atoms with Crippen LogP contribution in [0.3, 0.4) is 0 Å². The highest BCUT2D eigenvalue weighted by molar-refractivity contribution is 7.93. The maximum atomic E-state index is 13.4. The lowest BCUT2D eigenvalue weighted by molar-refractivity contribution is -0.137. The van der Waals surface area contributed by atoms with Gasteiger partial charge in [0.2, 0.25) is 29.5 Å². The van der Waals surface area contributed by atoms with E-state index in [9.17, 15) is 31.2 Å². The van der Waals surface area contributed by atoms with Crippen molar-refractivity contribution in [3.63, 3.8) is 0 Å². The summed E-state index contributed by atoms with van der Waals surface area (Å²) in [5.74, 6) is 2.15. The number of rotatable bonds is 9. The van der Waals surface area contributed by atoms with Crippen LogP contribution in [0.4, 0.5) is 36.4 Å². The Balaban J connectivity index is 0.000000129. The highest BCUT2D eigenvalue weighted by Gasteiger charge is 2.39. The van der Waals surface area contributed by atoms with E-state index >= 15 is 0 Å². The molecule has 4 aromatic carbocycles. The lowest BCUT2D eigenvalue weighted by Gasteiger charge is -2.19. The van der Waals surface area contributed by atoms with Gasteiger partial charge in [-0.2, -0.15) is 28.1 Å². The van der Waals surface area contributed by atoms with Gasteiger partial charge in [0.15, 0.2) is 0 Å². The van der Waals surface area contributed by atoms with E-state index in [1.807, 2.05) is 60.7 Å². The van der Waals surface area contributed by atoms with Gasteiger partial charge in [-0.25, -0.2) is 22.6 Å². The Hall–Kier alpha value is -9.27. The Morgan fingerprint density at radius 3 is 1.92 bits per heavy atom. The summed E-state index contributed by atoms with van der Waals surface area (Å²) in [6, 6.07) is 43.6. The number of nitrogens with zero attached hydrogens (tertiary/aromatic N) is 9. The fraction of sp³-hybridized carbons (Fsp3) is 0.0741. The zero-order valence-electron chi connectivity index (χ0n) is 38.8. The van der Waals surface area contributed by atoms with Crippen molar-refractivity contribution in [1.29, 1.82) is 0 Å². The summed E-state index contributed by atoms with van der Waals surface area (Å²) >= 11 is 5.96. The van der Waals surface area contributed by atoms with Gasteiger partial charge in [-0.15, -0.1) is 0 Å². The van der Waals surface area contributed by atoms with E-state index in [1.54, 1.807) is 96.3 Å². The fourth-order valence-corrected chi connectivity index (χ4v) is 9.79. The van der Waals surface area contributed by atoms with Gasteiger partial charge in [-0.1, -0.05) is 78.3 Å². The van der Waals surface area contributed by atoms with Gasteiger partial charge in [0.1, 0.15) is 28.9 Å². The molecule has 0 saturated carbocycles. The number of para-hydroxylation sites is 1. The molecule has 5 aromatic heterocycles. The van der Waals surface area contributed by atoms with Gasteiger partial charge in [0.05, 0.1) is 48.1 Å². The molecule has 9 aromatic rings. The van der Waals surface area contributed by atoms with Crippen molar-refractivity contribution < 1.29 is 45.4 Å². The van der Waals surface area contributed by atoms with Crippen molar-refractivity contribution >= 4 is 56.7 Å². The summed E-state index contributed by atoms with van der Waals surface area (Å²) in [7, 11) is -4.02. The standard InChI is InChI=1S/C19H13ClN2O2.C18H12F3N3O3S.C17H12N4O2/c20-14-6-3-7-15(11-14)24-18-10-4-9-17(21-18)22-12-13-5-1-2-8-16(13)19(22)23;19-18(20,21)13-8-16(23-17(9-13)27-14-5-3-7-22-10-14)24-11-12-4-1-2-6-15(12)28(24,25)26;22-16-10-12-4-1-2-6-14(12)21(16)17-19-9-7-15(20-17)23-13-5-3-8-18-11-13/h1-11H,12H2;1-10H,11H2;1-9,11H,10H2. The first kappa shape index (κ1) is 49.3. The van der Waals surface area contributed by atoms with E-state index in [1.165, 1.54) is 29.4 Å². The predicted molar refractivity (Wildman–Crippen MR) is 270 cm³/mol. The van der Waals surface area contributed by atoms with Crippen LogP contribution in [-0.2, 0) is 40.5 Å². The number of carbonyl (C=O) groups is 2. The highest BCUT2D eigenvalue weighted by Crippen LogP contribution is 2.40. The van der Waals surface area contributed by atoms with Crippen LogP contribution in [0.25, 0.3) is 0 Å². The molecule has 0 fully saturated rings. The number of halogens is 4. The summed E-state index contributed by atoms with van der Waals surface area (Å²) in [5, 5.41) is 0.592. The van der Waals surface area contributed by atoms with Gasteiger partial charge in [0.25, 0.3) is 15.9 Å². The SMILES string of the molecule is O=C1Cc2ccccc2N1c1nccc(Oc2cccnc2)n1.O=C1c2ccccc2CN1c1cccc(Oc2cccc(Cl)c2)n1.O=S1(=O)c2ccccc2CN1c1cc(C(F)(F)F)cc(Oc2cccnc2)n1. The van der Waals surface area contributed by atoms with Gasteiger partial charge < -0.3 is 14.2 Å². The minimum absolute atomic E-state index is 0.0435. The third-order valence-corrected chi connectivity index (χ3v) is 13.5. The average molecular weight is 1050 g/mol. The smallest absolute Gasteiger partial charge is 0.416 e. The number of carbonyl (C=O) groups excluding carboxylic acids is 2. The normalized spacial score (nSPS) is 13.9. The number of hydrogen-bond acceptors (Lipinski definition) is 13. The first-order valence-electron chi connectivity index (χ1n) is 22.7. The number of sulfonamides is 1. The quantitative estimate of drug-likeness (QED) is 0.133. The Kier molecular flexibility index (Phi) is 13.8. The maximum Gasteiger partial charge on any atom is 0.416 e. The molecule has 75 heavy (non-hydrogen) atoms. The largest absolute Gasteiger partial charge is 0.439 e. The van der Waals surface area contributed by atoms with Crippen molar-refractivity contribution in [1.82, 2.24) is 29.9 Å². The van der Waals surface area contributed by atoms with Crippen LogP contribution in [0.5, 0.6) is 34.9 Å². The van der Waals surface area contributed by atoms with Crippen LogP contribution in [-0.4, -0.2) is 50.1 Å². The maximum absolute atomic E-state index is 13.4. The third kappa shape index (κ3) is 11.1. The minimum Gasteiger partial charge on any atom is -0.439 e. The monoisotopic (exact) mass is 1050 g/mol. The lowest BCUT2D eigenvalue weighted by Crippen LogP contribution is -2.25. The summed E-state index contributed by atoms with van der Waals surface area (Å²) < 4.78 is 83.2. The van der Waals surface area contributed by atoms with Gasteiger partial charge in [-0.3, -0.25) is 24.5 Å². The number of benzene rings is 4.